The SMILES string of the molecule is CCC(Cl)(Cl)N(C)C. The van der Waals surface area contributed by atoms with Gasteiger partial charge in [-0.05, 0) is 20.5 Å². The topological polar surface area (TPSA) is 3.24 Å². The lowest BCUT2D eigenvalue weighted by molar-refractivity contribution is 0.329. The average Bonchev–Trinajstić information content (AvgIpc) is 1.67. The largest absolute Gasteiger partial charge is 0.279 e. The molecule has 0 spiro atoms. The van der Waals surface area contributed by atoms with Crippen molar-refractivity contribution in [3.05, 3.63) is 0 Å². The van der Waals surface area contributed by atoms with Gasteiger partial charge in [-0.3, -0.25) is 4.90 Å². The van der Waals surface area contributed by atoms with Crippen LogP contribution in [0.15, 0.2) is 0 Å². The quantitative estimate of drug-likeness (QED) is 0.437. The molecule has 0 aliphatic carbocycles. The van der Waals surface area contributed by atoms with Gasteiger partial charge in [0.15, 0.2) is 4.46 Å². The van der Waals surface area contributed by atoms with Crippen molar-refractivity contribution in [2.45, 2.75) is 17.8 Å². The van der Waals surface area contributed by atoms with E-state index in [1.807, 2.05) is 21.0 Å². The fourth-order valence-electron chi connectivity index (χ4n) is 0.316. The molecule has 50 valence electrons. The summed E-state index contributed by atoms with van der Waals surface area (Å²) in [6.07, 6.45) is 0.739. The second-order valence-electron chi connectivity index (χ2n) is 1.91. The van der Waals surface area contributed by atoms with E-state index in [9.17, 15) is 0 Å². The van der Waals surface area contributed by atoms with Crippen LogP contribution >= 0.6 is 23.2 Å². The maximum absolute atomic E-state index is 5.75. The molecule has 0 unspecified atom stereocenters. The van der Waals surface area contributed by atoms with Gasteiger partial charge in [-0.15, -0.1) is 0 Å². The van der Waals surface area contributed by atoms with Crippen molar-refractivity contribution in [2.24, 2.45) is 0 Å². The van der Waals surface area contributed by atoms with Gasteiger partial charge >= 0.3 is 0 Å². The standard InChI is InChI=1S/C5H11Cl2N/c1-4-5(6,7)8(2)3/h4H2,1-3H3. The van der Waals surface area contributed by atoms with Crippen LogP contribution in [0.4, 0.5) is 0 Å². The molecule has 0 aromatic heterocycles. The highest BCUT2D eigenvalue weighted by atomic mass is 35.5. The normalized spacial score (nSPS) is 12.8. The zero-order chi connectivity index (χ0) is 6.78. The monoisotopic (exact) mass is 155 g/mol. The minimum atomic E-state index is -0.681. The summed E-state index contributed by atoms with van der Waals surface area (Å²) in [6, 6.07) is 0. The van der Waals surface area contributed by atoms with E-state index >= 15 is 0 Å². The molecule has 0 radical (unpaired) electrons. The van der Waals surface area contributed by atoms with Crippen LogP contribution in [0.25, 0.3) is 0 Å². The molecule has 0 fully saturated rings. The first-order valence-electron chi connectivity index (χ1n) is 2.56. The van der Waals surface area contributed by atoms with E-state index in [0.29, 0.717) is 0 Å². The molecule has 8 heavy (non-hydrogen) atoms. The minimum absolute atomic E-state index is 0.681. The van der Waals surface area contributed by atoms with Crippen LogP contribution in [0.3, 0.4) is 0 Å². The van der Waals surface area contributed by atoms with Gasteiger partial charge in [0.05, 0.1) is 0 Å². The maximum atomic E-state index is 5.75. The van der Waals surface area contributed by atoms with Gasteiger partial charge in [0.2, 0.25) is 0 Å². The minimum Gasteiger partial charge on any atom is -0.279 e. The summed E-state index contributed by atoms with van der Waals surface area (Å²) in [6.45, 7) is 1.94. The molecule has 0 bridgehead atoms. The predicted molar refractivity (Wildman–Crippen MR) is 38.4 cm³/mol. The van der Waals surface area contributed by atoms with Gasteiger partial charge in [0, 0.05) is 0 Å². The zero-order valence-electron chi connectivity index (χ0n) is 5.41. The lowest BCUT2D eigenvalue weighted by Crippen LogP contribution is -2.31. The van der Waals surface area contributed by atoms with Crippen molar-refractivity contribution in [3.63, 3.8) is 0 Å². The number of halogens is 2. The zero-order valence-corrected chi connectivity index (χ0v) is 6.92. The number of hydrogen-bond acceptors (Lipinski definition) is 1. The Morgan fingerprint density at radius 3 is 1.75 bits per heavy atom. The second-order valence-corrected chi connectivity index (χ2v) is 3.36. The van der Waals surface area contributed by atoms with Crippen LogP contribution in [0.1, 0.15) is 13.3 Å². The van der Waals surface area contributed by atoms with Crippen LogP contribution in [0, 0.1) is 0 Å². The Morgan fingerprint density at radius 1 is 1.38 bits per heavy atom. The molecule has 0 rings (SSSR count). The van der Waals surface area contributed by atoms with Gasteiger partial charge in [-0.25, -0.2) is 0 Å². The highest BCUT2D eigenvalue weighted by molar-refractivity contribution is 6.47. The first-order chi connectivity index (χ1) is 3.50. The van der Waals surface area contributed by atoms with Crippen LogP contribution in [0.2, 0.25) is 0 Å². The number of rotatable bonds is 2. The number of hydrogen-bond donors (Lipinski definition) is 0. The Bertz CT molecular complexity index is 70.8. The first kappa shape index (κ1) is 8.54. The molecule has 0 heterocycles. The first-order valence-corrected chi connectivity index (χ1v) is 3.31. The maximum Gasteiger partial charge on any atom is 0.170 e. The summed E-state index contributed by atoms with van der Waals surface area (Å²) in [5.41, 5.74) is 0. The summed E-state index contributed by atoms with van der Waals surface area (Å²) in [4.78, 5) is 1.77. The molecule has 0 aliphatic rings. The summed E-state index contributed by atoms with van der Waals surface area (Å²) in [5.74, 6) is 0. The van der Waals surface area contributed by atoms with E-state index in [4.69, 9.17) is 23.2 Å². The van der Waals surface area contributed by atoms with Crippen LogP contribution in [-0.2, 0) is 0 Å². The van der Waals surface area contributed by atoms with Crippen molar-refractivity contribution < 1.29 is 0 Å². The van der Waals surface area contributed by atoms with Gasteiger partial charge in [0.25, 0.3) is 0 Å². The third-order valence-electron chi connectivity index (χ3n) is 1.08. The second kappa shape index (κ2) is 2.90. The Kier molecular flexibility index (Phi) is 3.10. The van der Waals surface area contributed by atoms with Crippen LogP contribution in [-0.4, -0.2) is 23.5 Å². The van der Waals surface area contributed by atoms with Crippen molar-refractivity contribution in [2.75, 3.05) is 14.1 Å². The van der Waals surface area contributed by atoms with E-state index in [1.165, 1.54) is 0 Å². The molecule has 0 aromatic carbocycles. The van der Waals surface area contributed by atoms with Crippen molar-refractivity contribution >= 4 is 23.2 Å². The van der Waals surface area contributed by atoms with Crippen molar-refractivity contribution in [1.29, 1.82) is 0 Å². The Hall–Kier alpha value is 0.540. The van der Waals surface area contributed by atoms with Crippen LogP contribution in [0.5, 0.6) is 0 Å². The molecule has 1 nitrogen and oxygen atoms in total. The molecule has 0 amide bonds. The molecular formula is C5H11Cl2N. The molecule has 0 aliphatic heterocycles. The molecule has 3 heteroatoms. The summed E-state index contributed by atoms with van der Waals surface area (Å²) >= 11 is 11.5. The lowest BCUT2D eigenvalue weighted by Gasteiger charge is -2.25. The summed E-state index contributed by atoms with van der Waals surface area (Å²) < 4.78 is -0.681. The molecule has 0 aromatic rings. The van der Waals surface area contributed by atoms with Gasteiger partial charge in [0.1, 0.15) is 0 Å². The van der Waals surface area contributed by atoms with E-state index < -0.39 is 4.46 Å². The van der Waals surface area contributed by atoms with Crippen LogP contribution < -0.4 is 0 Å². The Balaban J connectivity index is 3.71. The Labute approximate surface area is 60.6 Å². The van der Waals surface area contributed by atoms with Crippen molar-refractivity contribution in [1.82, 2.24) is 4.90 Å². The van der Waals surface area contributed by atoms with E-state index in [0.717, 1.165) is 6.42 Å². The average molecular weight is 156 g/mol. The third kappa shape index (κ3) is 2.21. The fourth-order valence-corrected chi connectivity index (χ4v) is 0.316. The third-order valence-corrected chi connectivity index (χ3v) is 2.29. The highest BCUT2D eigenvalue weighted by Gasteiger charge is 2.22. The summed E-state index contributed by atoms with van der Waals surface area (Å²) in [5, 5.41) is 0. The van der Waals surface area contributed by atoms with Gasteiger partial charge in [-0.2, -0.15) is 0 Å². The molecule has 0 atom stereocenters. The highest BCUT2D eigenvalue weighted by Crippen LogP contribution is 2.26. The lowest BCUT2D eigenvalue weighted by atomic mass is 10.4. The van der Waals surface area contributed by atoms with Crippen molar-refractivity contribution in [3.8, 4) is 0 Å². The van der Waals surface area contributed by atoms with E-state index in [1.54, 1.807) is 4.90 Å². The van der Waals surface area contributed by atoms with E-state index in [-0.39, 0.29) is 0 Å². The Morgan fingerprint density at radius 2 is 1.75 bits per heavy atom. The molecular weight excluding hydrogens is 145 g/mol. The number of nitrogens with zero attached hydrogens (tertiary/aromatic N) is 1. The molecule has 0 saturated carbocycles. The molecule has 0 saturated heterocycles. The molecule has 0 N–H and O–H groups in total. The van der Waals surface area contributed by atoms with Gasteiger partial charge < -0.3 is 0 Å². The summed E-state index contributed by atoms with van der Waals surface area (Å²) in [7, 11) is 3.70. The van der Waals surface area contributed by atoms with E-state index in [2.05, 4.69) is 0 Å². The number of alkyl halides is 2. The predicted octanol–water partition coefficient (Wildman–Crippen LogP) is 2.09. The van der Waals surface area contributed by atoms with Gasteiger partial charge in [-0.1, -0.05) is 30.1 Å². The smallest absolute Gasteiger partial charge is 0.170 e. The fraction of sp³-hybridized carbons (Fsp3) is 1.00.